The monoisotopic (exact) mass is 251 g/mol. The smallest absolute Gasteiger partial charge is 0.309 e. The van der Waals surface area contributed by atoms with Crippen molar-refractivity contribution in [2.45, 2.75) is 25.7 Å². The molecule has 1 N–H and O–H groups in total. The summed E-state index contributed by atoms with van der Waals surface area (Å²) in [4.78, 5) is 15.5. The van der Waals surface area contributed by atoms with E-state index >= 15 is 0 Å². The molecule has 1 aromatic rings. The van der Waals surface area contributed by atoms with Gasteiger partial charge in [-0.3, -0.25) is 4.79 Å². The van der Waals surface area contributed by atoms with Crippen molar-refractivity contribution in [3.8, 4) is 0 Å². The Balaban J connectivity index is 1.84. The molecule has 2 aliphatic rings. The Morgan fingerprint density at radius 3 is 2.82 bits per heavy atom. The van der Waals surface area contributed by atoms with Crippen LogP contribution in [0.2, 0.25) is 5.15 Å². The number of aliphatic carboxylic acids is 1. The van der Waals surface area contributed by atoms with Gasteiger partial charge in [-0.05, 0) is 55.2 Å². The highest BCUT2D eigenvalue weighted by Gasteiger charge is 2.57. The molecule has 2 unspecified atom stereocenters. The van der Waals surface area contributed by atoms with E-state index in [2.05, 4.69) is 4.98 Å². The molecule has 0 radical (unpaired) electrons. The molecule has 0 aromatic carbocycles. The van der Waals surface area contributed by atoms with Crippen molar-refractivity contribution in [3.63, 3.8) is 0 Å². The maximum Gasteiger partial charge on any atom is 0.309 e. The number of hydrogen-bond acceptors (Lipinski definition) is 2. The van der Waals surface area contributed by atoms with E-state index < -0.39 is 11.4 Å². The number of aromatic nitrogens is 1. The molecule has 1 heterocycles. The zero-order chi connectivity index (χ0) is 12.0. The summed E-state index contributed by atoms with van der Waals surface area (Å²) in [5.74, 6) is 0.657. The Morgan fingerprint density at radius 2 is 2.24 bits per heavy atom. The molecule has 2 aliphatic carbocycles. The summed E-state index contributed by atoms with van der Waals surface area (Å²) < 4.78 is 0. The highest BCUT2D eigenvalue weighted by molar-refractivity contribution is 6.29. The minimum absolute atomic E-state index is 0.436. The quantitative estimate of drug-likeness (QED) is 0.841. The zero-order valence-corrected chi connectivity index (χ0v) is 10.2. The first-order valence-corrected chi connectivity index (χ1v) is 6.31. The number of carbonyl (C=O) groups is 1. The molecular formula is C13H14ClNO2. The van der Waals surface area contributed by atoms with Gasteiger partial charge in [-0.2, -0.15) is 0 Å². The second kappa shape index (κ2) is 3.70. The molecule has 4 heteroatoms. The largest absolute Gasteiger partial charge is 0.481 e. The van der Waals surface area contributed by atoms with E-state index in [0.717, 1.165) is 18.4 Å². The zero-order valence-electron chi connectivity index (χ0n) is 9.40. The standard InChI is InChI=1S/C13H14ClNO2/c14-11-3-8(1-2-15-11)5-13(12(16)17)6-9-4-10(9)7-13/h1-3,9-10H,4-7H2,(H,16,17). The van der Waals surface area contributed by atoms with Crippen molar-refractivity contribution in [2.24, 2.45) is 17.3 Å². The molecule has 90 valence electrons. The summed E-state index contributed by atoms with van der Waals surface area (Å²) >= 11 is 5.83. The Hall–Kier alpha value is -1.09. The fourth-order valence-electron chi connectivity index (χ4n) is 3.24. The second-order valence-electron chi connectivity index (χ2n) is 5.41. The summed E-state index contributed by atoms with van der Waals surface area (Å²) in [6, 6.07) is 3.64. The van der Waals surface area contributed by atoms with Crippen LogP contribution in [0, 0.1) is 17.3 Å². The third kappa shape index (κ3) is 1.93. The minimum atomic E-state index is -0.655. The van der Waals surface area contributed by atoms with E-state index in [0.29, 0.717) is 23.4 Å². The highest BCUT2D eigenvalue weighted by Crippen LogP contribution is 2.60. The summed E-state index contributed by atoms with van der Waals surface area (Å²) in [5, 5.41) is 9.92. The average Bonchev–Trinajstić information content (AvgIpc) is 2.87. The van der Waals surface area contributed by atoms with Gasteiger partial charge in [0, 0.05) is 6.20 Å². The van der Waals surface area contributed by atoms with E-state index in [4.69, 9.17) is 11.6 Å². The van der Waals surface area contributed by atoms with Crippen LogP contribution in [0.25, 0.3) is 0 Å². The number of rotatable bonds is 3. The highest BCUT2D eigenvalue weighted by atomic mass is 35.5. The number of nitrogens with zero attached hydrogens (tertiary/aromatic N) is 1. The Morgan fingerprint density at radius 1 is 1.53 bits per heavy atom. The first-order chi connectivity index (χ1) is 8.09. The molecular weight excluding hydrogens is 238 g/mol. The van der Waals surface area contributed by atoms with E-state index in [1.54, 1.807) is 12.3 Å². The lowest BCUT2D eigenvalue weighted by Crippen LogP contribution is -2.31. The summed E-state index contributed by atoms with van der Waals surface area (Å²) in [5.41, 5.74) is 0.423. The lowest BCUT2D eigenvalue weighted by atomic mass is 9.78. The van der Waals surface area contributed by atoms with Gasteiger partial charge in [0.1, 0.15) is 5.15 Å². The van der Waals surface area contributed by atoms with Crippen molar-refractivity contribution in [1.82, 2.24) is 4.98 Å². The van der Waals surface area contributed by atoms with Crippen LogP contribution in [0.3, 0.4) is 0 Å². The maximum atomic E-state index is 11.5. The van der Waals surface area contributed by atoms with Crippen LogP contribution < -0.4 is 0 Å². The van der Waals surface area contributed by atoms with Gasteiger partial charge in [-0.15, -0.1) is 0 Å². The van der Waals surface area contributed by atoms with Gasteiger partial charge in [0.15, 0.2) is 0 Å². The fourth-order valence-corrected chi connectivity index (χ4v) is 3.43. The third-order valence-electron chi connectivity index (χ3n) is 4.16. The first kappa shape index (κ1) is 11.0. The molecule has 0 saturated heterocycles. The third-order valence-corrected chi connectivity index (χ3v) is 4.37. The molecule has 2 fully saturated rings. The van der Waals surface area contributed by atoms with Crippen molar-refractivity contribution < 1.29 is 9.90 Å². The molecule has 0 bridgehead atoms. The van der Waals surface area contributed by atoms with Crippen LogP contribution in [-0.2, 0) is 11.2 Å². The normalized spacial score (nSPS) is 34.4. The number of pyridine rings is 1. The summed E-state index contributed by atoms with van der Waals surface area (Å²) in [7, 11) is 0. The Bertz CT molecular complexity index is 464. The van der Waals surface area contributed by atoms with Crippen LogP contribution in [0.15, 0.2) is 18.3 Å². The van der Waals surface area contributed by atoms with E-state index in [1.807, 2.05) is 6.07 Å². The maximum absolute atomic E-state index is 11.5. The van der Waals surface area contributed by atoms with Crippen LogP contribution in [0.4, 0.5) is 0 Å². The fraction of sp³-hybridized carbons (Fsp3) is 0.538. The Kier molecular flexibility index (Phi) is 2.40. The molecule has 3 rings (SSSR count). The van der Waals surface area contributed by atoms with Crippen molar-refractivity contribution in [2.75, 3.05) is 0 Å². The molecule has 0 aliphatic heterocycles. The van der Waals surface area contributed by atoms with E-state index in [-0.39, 0.29) is 0 Å². The number of fused-ring (bicyclic) bond motifs is 1. The van der Waals surface area contributed by atoms with E-state index in [1.165, 1.54) is 6.42 Å². The average molecular weight is 252 g/mol. The number of carboxylic acid groups (broad SMARTS) is 1. The van der Waals surface area contributed by atoms with Gasteiger partial charge in [0.2, 0.25) is 0 Å². The van der Waals surface area contributed by atoms with Crippen LogP contribution >= 0.6 is 11.6 Å². The van der Waals surface area contributed by atoms with Crippen LogP contribution in [0.1, 0.15) is 24.8 Å². The van der Waals surface area contributed by atoms with Gasteiger partial charge in [-0.1, -0.05) is 11.6 Å². The molecule has 2 saturated carbocycles. The molecule has 1 aromatic heterocycles. The van der Waals surface area contributed by atoms with Crippen molar-refractivity contribution >= 4 is 17.6 Å². The predicted octanol–water partition coefficient (Wildman–Crippen LogP) is 2.78. The minimum Gasteiger partial charge on any atom is -0.481 e. The van der Waals surface area contributed by atoms with Crippen molar-refractivity contribution in [1.29, 1.82) is 0 Å². The van der Waals surface area contributed by atoms with Gasteiger partial charge >= 0.3 is 5.97 Å². The lowest BCUT2D eigenvalue weighted by Gasteiger charge is -2.26. The SMILES string of the molecule is O=C(O)C1(Cc2ccnc(Cl)c2)CC2CC2C1. The molecule has 2 atom stereocenters. The Labute approximate surface area is 105 Å². The topological polar surface area (TPSA) is 50.2 Å². The molecule has 0 amide bonds. The van der Waals surface area contributed by atoms with Crippen LogP contribution in [-0.4, -0.2) is 16.1 Å². The summed E-state index contributed by atoms with van der Waals surface area (Å²) in [6.07, 6.45) is 5.10. The van der Waals surface area contributed by atoms with Gasteiger partial charge < -0.3 is 5.11 Å². The second-order valence-corrected chi connectivity index (χ2v) is 5.80. The molecule has 17 heavy (non-hydrogen) atoms. The number of halogens is 1. The first-order valence-electron chi connectivity index (χ1n) is 5.93. The molecule has 0 spiro atoms. The lowest BCUT2D eigenvalue weighted by molar-refractivity contribution is -0.149. The number of carboxylic acids is 1. The molecule has 3 nitrogen and oxygen atoms in total. The summed E-state index contributed by atoms with van der Waals surface area (Å²) in [6.45, 7) is 0. The van der Waals surface area contributed by atoms with Crippen molar-refractivity contribution in [3.05, 3.63) is 29.0 Å². The van der Waals surface area contributed by atoms with Gasteiger partial charge in [0.05, 0.1) is 5.41 Å². The predicted molar refractivity (Wildman–Crippen MR) is 63.9 cm³/mol. The van der Waals surface area contributed by atoms with Crippen LogP contribution in [0.5, 0.6) is 0 Å². The van der Waals surface area contributed by atoms with Gasteiger partial charge in [0.25, 0.3) is 0 Å². The van der Waals surface area contributed by atoms with Gasteiger partial charge in [-0.25, -0.2) is 4.98 Å². The van der Waals surface area contributed by atoms with E-state index in [9.17, 15) is 9.90 Å². The number of hydrogen-bond donors (Lipinski definition) is 1.